The van der Waals surface area contributed by atoms with Gasteiger partial charge in [-0.2, -0.15) is 0 Å². The predicted octanol–water partition coefficient (Wildman–Crippen LogP) is 4.00. The van der Waals surface area contributed by atoms with Crippen LogP contribution in [0.5, 0.6) is 0 Å². The van der Waals surface area contributed by atoms with Crippen molar-refractivity contribution in [3.8, 4) is 11.1 Å². The third-order valence-electron chi connectivity index (χ3n) is 4.94. The normalized spacial score (nSPS) is 14.5. The number of halogens is 1. The Labute approximate surface area is 205 Å². The van der Waals surface area contributed by atoms with Gasteiger partial charge >= 0.3 is 177 Å². The third-order valence-corrected chi connectivity index (χ3v) is 6.85. The van der Waals surface area contributed by atoms with Gasteiger partial charge in [-0.3, -0.25) is 0 Å². The number of carbonyl (C=O) groups is 2. The first-order chi connectivity index (χ1) is 15.4. The molecule has 8 heteroatoms. The van der Waals surface area contributed by atoms with Crippen molar-refractivity contribution in [2.45, 2.75) is 6.42 Å². The van der Waals surface area contributed by atoms with E-state index in [0.29, 0.717) is 52.1 Å². The summed E-state index contributed by atoms with van der Waals surface area (Å²) in [5, 5.41) is 12.3. The average molecular weight is 454 g/mol. The van der Waals surface area contributed by atoms with Gasteiger partial charge in [-0.15, -0.1) is 0 Å². The maximum atomic E-state index is 14.2. The van der Waals surface area contributed by atoms with E-state index in [-0.39, 0.29) is 12.3 Å². The van der Waals surface area contributed by atoms with Gasteiger partial charge in [0.15, 0.2) is 0 Å². The van der Waals surface area contributed by atoms with Crippen molar-refractivity contribution < 1.29 is 19.1 Å². The number of aliphatic carboxylic acids is 1. The van der Waals surface area contributed by atoms with Crippen LogP contribution in [-0.4, -0.2) is 50.1 Å². The van der Waals surface area contributed by atoms with Gasteiger partial charge in [0.1, 0.15) is 0 Å². The van der Waals surface area contributed by atoms with Gasteiger partial charge in [0.25, 0.3) is 0 Å². The van der Waals surface area contributed by atoms with Crippen LogP contribution in [0.3, 0.4) is 0 Å². The number of carbonyl (C=O) groups excluding carboxylic acids is 1. The molecule has 1 amide bonds. The van der Waals surface area contributed by atoms with Crippen molar-refractivity contribution in [2.75, 3.05) is 5.32 Å². The zero-order valence-electron chi connectivity index (χ0n) is 17.1. The Kier molecular flexibility index (Phi) is 6.91. The molecule has 0 unspecified atom stereocenters. The molecule has 0 spiro atoms. The van der Waals surface area contributed by atoms with Crippen molar-refractivity contribution in [3.63, 3.8) is 0 Å². The summed E-state index contributed by atoms with van der Waals surface area (Å²) in [6, 6.07) is 20.7. The molecule has 0 fully saturated rings. The Bertz CT molecular complexity index is 1260. The van der Waals surface area contributed by atoms with E-state index in [1.165, 1.54) is 17.8 Å². The standard InChI is InChI=1S/C24H16FN2O3S.Na/c25-19-10-16(13-22(28)29)11-20(14-19)26-24-27-23(30)21(31-24)12-15-6-8-18(9-7-15)17-4-2-1-3-5-17;/h1-12H,13H2,(H,28,29)(H,26,27,30);. The summed E-state index contributed by atoms with van der Waals surface area (Å²) < 4.78 is 14.7. The van der Waals surface area contributed by atoms with E-state index in [0.717, 1.165) is 16.7 Å². The van der Waals surface area contributed by atoms with E-state index in [1.807, 2.05) is 54.6 Å². The van der Waals surface area contributed by atoms with Gasteiger partial charge in [-0.1, -0.05) is 30.3 Å². The number of carboxylic acid groups (broad SMARTS) is 1. The first kappa shape index (κ1) is 22.5. The Morgan fingerprint density at radius 2 is 1.78 bits per heavy atom. The van der Waals surface area contributed by atoms with Crippen molar-refractivity contribution in [2.24, 2.45) is 4.99 Å². The summed E-state index contributed by atoms with van der Waals surface area (Å²) in [4.78, 5) is 27.8. The molecule has 0 aromatic heterocycles. The number of carboxylic acids is 1. The van der Waals surface area contributed by atoms with E-state index >= 15 is 0 Å². The second-order valence-corrected chi connectivity index (χ2v) is 9.30. The van der Waals surface area contributed by atoms with E-state index in [9.17, 15) is 14.0 Å². The minimum atomic E-state index is -1.04. The Balaban J connectivity index is 1.50. The molecule has 32 heavy (non-hydrogen) atoms. The number of aliphatic imine (C=N–C) groups is 1. The summed E-state index contributed by atoms with van der Waals surface area (Å²) in [5.74, 6) is -1.87. The second kappa shape index (κ2) is 9.83. The summed E-state index contributed by atoms with van der Waals surface area (Å²) in [6.45, 7) is 0. The number of amides is 1. The van der Waals surface area contributed by atoms with Crippen molar-refractivity contribution in [1.82, 2.24) is 0 Å². The SMILES string of the molecule is O=C(O)Cc1cc(F)[c]([Na])c(NC2=NC(=O)C(=Cc3ccc(-c4ccccc4)cc3)S2)c1. The van der Waals surface area contributed by atoms with Gasteiger partial charge in [0.2, 0.25) is 0 Å². The molecule has 3 aromatic carbocycles. The fourth-order valence-corrected chi connectivity index (χ4v) is 4.51. The van der Waals surface area contributed by atoms with Gasteiger partial charge in [-0.25, -0.2) is 0 Å². The van der Waals surface area contributed by atoms with Crippen LogP contribution < -0.4 is 8.13 Å². The molecule has 4 rings (SSSR count). The average Bonchev–Trinajstić information content (AvgIpc) is 3.11. The molecule has 0 aliphatic carbocycles. The number of benzene rings is 3. The van der Waals surface area contributed by atoms with Crippen LogP contribution in [-0.2, 0) is 16.0 Å². The minimum absolute atomic E-state index is 0.282. The number of hydrogen-bond donors (Lipinski definition) is 2. The van der Waals surface area contributed by atoms with E-state index < -0.39 is 11.8 Å². The Hall–Kier alpha value is -2.71. The number of nitrogens with one attached hydrogen (secondary N) is 1. The molecule has 1 aliphatic heterocycles. The van der Waals surface area contributed by atoms with E-state index in [2.05, 4.69) is 10.3 Å². The van der Waals surface area contributed by atoms with Crippen LogP contribution in [0.1, 0.15) is 11.1 Å². The molecular formula is C24H16FN2NaO3S. The fraction of sp³-hybridized carbons (Fsp3) is 0.0417. The van der Waals surface area contributed by atoms with Gasteiger partial charge in [0.05, 0.1) is 0 Å². The van der Waals surface area contributed by atoms with Crippen LogP contribution in [0, 0.1) is 5.82 Å². The summed E-state index contributed by atoms with van der Waals surface area (Å²) in [7, 11) is 0. The molecule has 2 N–H and O–H groups in total. The zero-order valence-corrected chi connectivity index (χ0v) is 19.9. The Morgan fingerprint density at radius 1 is 1.09 bits per heavy atom. The molecular weight excluding hydrogens is 438 g/mol. The molecule has 5 nitrogen and oxygen atoms in total. The Morgan fingerprint density at radius 3 is 2.47 bits per heavy atom. The molecule has 1 aliphatic rings. The fourth-order valence-electron chi connectivity index (χ4n) is 3.27. The van der Waals surface area contributed by atoms with Crippen LogP contribution in [0.15, 0.2) is 76.6 Å². The quantitative estimate of drug-likeness (QED) is 0.450. The van der Waals surface area contributed by atoms with Crippen molar-refractivity contribution >= 4 is 71.3 Å². The number of amidine groups is 1. The van der Waals surface area contributed by atoms with Crippen LogP contribution in [0.4, 0.5) is 10.1 Å². The van der Waals surface area contributed by atoms with E-state index in [1.54, 1.807) is 12.1 Å². The second-order valence-electron chi connectivity index (χ2n) is 7.27. The number of nitrogens with zero attached hydrogens (tertiary/aromatic N) is 1. The van der Waals surface area contributed by atoms with Crippen LogP contribution in [0.25, 0.3) is 17.2 Å². The molecule has 154 valence electrons. The summed E-state index contributed by atoms with van der Waals surface area (Å²) in [6.07, 6.45) is 1.49. The number of rotatable bonds is 5. The van der Waals surface area contributed by atoms with Crippen LogP contribution >= 0.6 is 11.8 Å². The van der Waals surface area contributed by atoms with Crippen molar-refractivity contribution in [1.29, 1.82) is 0 Å². The molecule has 0 saturated heterocycles. The van der Waals surface area contributed by atoms with Crippen molar-refractivity contribution in [3.05, 3.63) is 88.6 Å². The van der Waals surface area contributed by atoms with Gasteiger partial charge < -0.3 is 0 Å². The summed E-state index contributed by atoms with van der Waals surface area (Å²) >= 11 is 1.59. The number of anilines is 1. The van der Waals surface area contributed by atoms with Gasteiger partial charge in [-0.05, 0) is 0 Å². The monoisotopic (exact) mass is 454 g/mol. The summed E-state index contributed by atoms with van der Waals surface area (Å²) in [5.41, 5.74) is 3.86. The molecule has 0 atom stereocenters. The zero-order chi connectivity index (χ0) is 22.7. The van der Waals surface area contributed by atoms with Gasteiger partial charge in [0, 0.05) is 0 Å². The molecule has 0 bridgehead atoms. The first-order valence-corrected chi connectivity index (χ1v) is 11.7. The molecule has 1 heterocycles. The van der Waals surface area contributed by atoms with Crippen LogP contribution in [0.2, 0.25) is 0 Å². The molecule has 3 aromatic rings. The maximum absolute atomic E-state index is 14.2. The van der Waals surface area contributed by atoms with E-state index in [4.69, 9.17) is 5.11 Å². The molecule has 0 saturated carbocycles. The predicted molar refractivity (Wildman–Crippen MR) is 127 cm³/mol. The third kappa shape index (κ3) is 5.37. The molecule has 0 radical (unpaired) electrons. The topological polar surface area (TPSA) is 78.8 Å². The number of hydrogen-bond acceptors (Lipinski definition) is 4. The number of thioether (sulfide) groups is 1. The first-order valence-electron chi connectivity index (χ1n) is 9.85.